The Hall–Kier alpha value is -4.36. The van der Waals surface area contributed by atoms with Crippen LogP contribution < -0.4 is 5.73 Å². The number of carbonyl (C=O) groups is 1. The average Bonchev–Trinajstić information content (AvgIpc) is 3.63. The summed E-state index contributed by atoms with van der Waals surface area (Å²) in [7, 11) is 0. The Morgan fingerprint density at radius 2 is 2.00 bits per heavy atom. The van der Waals surface area contributed by atoms with Crippen molar-refractivity contribution in [3.8, 4) is 41.0 Å². The number of rotatable bonds is 6. The van der Waals surface area contributed by atoms with Gasteiger partial charge in [0.25, 0.3) is 5.91 Å². The lowest BCUT2D eigenvalue weighted by molar-refractivity contribution is 0.0766. The number of nitrogens with two attached hydrogens (primary N) is 1. The highest BCUT2D eigenvalue weighted by molar-refractivity contribution is 6.30. The highest BCUT2D eigenvalue weighted by Crippen LogP contribution is 2.34. The maximum atomic E-state index is 13.7. The second-order valence-corrected chi connectivity index (χ2v) is 10.9. The van der Waals surface area contributed by atoms with Gasteiger partial charge < -0.3 is 15.1 Å². The molecule has 2 N–H and O–H groups in total. The minimum absolute atomic E-state index is 0.161. The summed E-state index contributed by atoms with van der Waals surface area (Å²) in [5.74, 6) is 3.40. The number of likely N-dealkylation sites (tertiary alicyclic amines) is 1. The van der Waals surface area contributed by atoms with E-state index in [9.17, 15) is 10.1 Å². The number of nitrogens with zero attached hydrogens (tertiary/aromatic N) is 3. The van der Waals surface area contributed by atoms with Crippen molar-refractivity contribution in [1.29, 1.82) is 5.26 Å². The fourth-order valence-corrected chi connectivity index (χ4v) is 5.48. The van der Waals surface area contributed by atoms with Crippen LogP contribution in [0.2, 0.25) is 5.02 Å². The minimum atomic E-state index is -0.855. The summed E-state index contributed by atoms with van der Waals surface area (Å²) >= 11 is 6.17. The third kappa shape index (κ3) is 5.38. The third-order valence-corrected chi connectivity index (χ3v) is 7.59. The van der Waals surface area contributed by atoms with Gasteiger partial charge in [-0.25, -0.2) is 4.98 Å². The first-order valence-electron chi connectivity index (χ1n) is 13.1. The number of carbonyl (C=O) groups excluding carboxylic acids is 1. The third-order valence-electron chi connectivity index (χ3n) is 7.36. The molecule has 1 aliphatic heterocycles. The first kappa shape index (κ1) is 27.2. The predicted molar refractivity (Wildman–Crippen MR) is 156 cm³/mol. The van der Waals surface area contributed by atoms with Crippen molar-refractivity contribution in [2.75, 3.05) is 6.54 Å². The molecule has 3 aromatic carbocycles. The SMILES string of the molecule is C#CC1CCCN1C(=O)c1cc(-c2ncc(C(C)(N)Cc3cccc(Cl)c3)o2)cc(-c2cccc(C)c2C#N)c1. The second-order valence-electron chi connectivity index (χ2n) is 10.5. The van der Waals surface area contributed by atoms with E-state index >= 15 is 0 Å². The van der Waals surface area contributed by atoms with E-state index in [0.717, 1.165) is 29.5 Å². The van der Waals surface area contributed by atoms with Gasteiger partial charge in [0.05, 0.1) is 23.3 Å². The summed E-state index contributed by atoms with van der Waals surface area (Å²) in [6.07, 6.45) is 9.46. The number of benzene rings is 3. The van der Waals surface area contributed by atoms with E-state index in [1.807, 2.05) is 68.4 Å². The van der Waals surface area contributed by atoms with Crippen LogP contribution in [0.4, 0.5) is 0 Å². The van der Waals surface area contributed by atoms with Gasteiger partial charge >= 0.3 is 0 Å². The first-order valence-corrected chi connectivity index (χ1v) is 13.5. The van der Waals surface area contributed by atoms with Crippen molar-refractivity contribution in [2.24, 2.45) is 5.73 Å². The van der Waals surface area contributed by atoms with E-state index in [1.165, 1.54) is 0 Å². The highest BCUT2D eigenvalue weighted by atomic mass is 35.5. The Balaban J connectivity index is 1.58. The minimum Gasteiger partial charge on any atom is -0.439 e. The summed E-state index contributed by atoms with van der Waals surface area (Å²) in [6.45, 7) is 4.37. The number of nitriles is 1. The standard InChI is InChI=1S/C33H29ClN4O2/c1-4-27-11-7-13-38(27)32(39)25-16-23(28-12-5-8-21(2)29(28)19-35)15-24(17-25)31-37-20-30(40-31)33(3,36)18-22-9-6-10-26(34)14-22/h1,5-6,8-10,12,14-17,20,27H,7,11,13,18,36H2,2-3H3. The second kappa shape index (κ2) is 11.0. The molecule has 6 nitrogen and oxygen atoms in total. The molecule has 2 unspecified atom stereocenters. The summed E-state index contributed by atoms with van der Waals surface area (Å²) in [4.78, 5) is 20.0. The zero-order chi connectivity index (χ0) is 28.4. The summed E-state index contributed by atoms with van der Waals surface area (Å²) in [6, 6.07) is 20.7. The number of hydrogen-bond acceptors (Lipinski definition) is 5. The molecule has 1 fully saturated rings. The Bertz CT molecular complexity index is 1670. The molecule has 40 heavy (non-hydrogen) atoms. The molecule has 1 aliphatic rings. The van der Waals surface area contributed by atoms with Crippen molar-refractivity contribution in [1.82, 2.24) is 9.88 Å². The zero-order valence-electron chi connectivity index (χ0n) is 22.4. The largest absolute Gasteiger partial charge is 0.439 e. The maximum Gasteiger partial charge on any atom is 0.254 e. The van der Waals surface area contributed by atoms with E-state index in [0.29, 0.717) is 51.9 Å². The van der Waals surface area contributed by atoms with Gasteiger partial charge in [0.1, 0.15) is 11.8 Å². The van der Waals surface area contributed by atoms with Gasteiger partial charge in [-0.1, -0.05) is 47.9 Å². The molecule has 0 radical (unpaired) electrons. The van der Waals surface area contributed by atoms with Gasteiger partial charge in [-0.3, -0.25) is 4.79 Å². The van der Waals surface area contributed by atoms with Crippen LogP contribution in [-0.2, 0) is 12.0 Å². The Labute approximate surface area is 239 Å². The fraction of sp³-hybridized carbons (Fsp3) is 0.242. The van der Waals surface area contributed by atoms with Crippen LogP contribution in [0, 0.1) is 30.6 Å². The number of halogens is 1. The molecule has 0 saturated carbocycles. The molecule has 0 spiro atoms. The van der Waals surface area contributed by atoms with Crippen molar-refractivity contribution in [2.45, 2.75) is 44.7 Å². The maximum absolute atomic E-state index is 13.7. The van der Waals surface area contributed by atoms with E-state index in [4.69, 9.17) is 28.2 Å². The number of amides is 1. The molecule has 0 aliphatic carbocycles. The van der Waals surface area contributed by atoms with Crippen LogP contribution in [0.15, 0.2) is 71.3 Å². The zero-order valence-corrected chi connectivity index (χ0v) is 23.2. The molecule has 200 valence electrons. The highest BCUT2D eigenvalue weighted by Gasteiger charge is 2.30. The van der Waals surface area contributed by atoms with Crippen molar-refractivity contribution >= 4 is 17.5 Å². The lowest BCUT2D eigenvalue weighted by atomic mass is 9.92. The quantitative estimate of drug-likeness (QED) is 0.277. The molecule has 2 atom stereocenters. The number of terminal acetylenes is 1. The van der Waals surface area contributed by atoms with E-state index in [2.05, 4.69) is 17.0 Å². The first-order chi connectivity index (χ1) is 19.2. The molecule has 5 rings (SSSR count). The van der Waals surface area contributed by atoms with Crippen LogP contribution in [0.3, 0.4) is 0 Å². The molecular weight excluding hydrogens is 520 g/mol. The summed E-state index contributed by atoms with van der Waals surface area (Å²) in [5.41, 5.74) is 10.7. The summed E-state index contributed by atoms with van der Waals surface area (Å²) < 4.78 is 6.22. The number of oxazole rings is 1. The van der Waals surface area contributed by atoms with Gasteiger partial charge in [0.15, 0.2) is 0 Å². The predicted octanol–water partition coefficient (Wildman–Crippen LogP) is 6.50. The molecule has 2 heterocycles. The lowest BCUT2D eigenvalue weighted by Crippen LogP contribution is -2.35. The molecule has 1 aromatic heterocycles. The van der Waals surface area contributed by atoms with Gasteiger partial charge in [0.2, 0.25) is 5.89 Å². The lowest BCUT2D eigenvalue weighted by Gasteiger charge is -2.22. The topological polar surface area (TPSA) is 96.2 Å². The van der Waals surface area contributed by atoms with E-state index in [1.54, 1.807) is 17.2 Å². The van der Waals surface area contributed by atoms with Crippen molar-refractivity contribution in [3.63, 3.8) is 0 Å². The smallest absolute Gasteiger partial charge is 0.254 e. The molecule has 0 bridgehead atoms. The van der Waals surface area contributed by atoms with Crippen LogP contribution >= 0.6 is 11.6 Å². The van der Waals surface area contributed by atoms with Gasteiger partial charge in [-0.15, -0.1) is 6.42 Å². The van der Waals surface area contributed by atoms with E-state index in [-0.39, 0.29) is 11.9 Å². The fourth-order valence-electron chi connectivity index (χ4n) is 5.27. The Kier molecular flexibility index (Phi) is 7.50. The van der Waals surface area contributed by atoms with Crippen LogP contribution in [0.1, 0.15) is 52.6 Å². The van der Waals surface area contributed by atoms with E-state index < -0.39 is 5.54 Å². The van der Waals surface area contributed by atoms with Gasteiger partial charge in [-0.05, 0) is 85.7 Å². The molecule has 1 amide bonds. The Morgan fingerprint density at radius 3 is 2.75 bits per heavy atom. The monoisotopic (exact) mass is 548 g/mol. The normalized spacial score (nSPS) is 16.2. The number of aryl methyl sites for hydroxylation is 1. The molecule has 4 aromatic rings. The number of aromatic nitrogens is 1. The van der Waals surface area contributed by atoms with Crippen LogP contribution in [0.5, 0.6) is 0 Å². The van der Waals surface area contributed by atoms with Crippen molar-refractivity contribution < 1.29 is 9.21 Å². The number of hydrogen-bond donors (Lipinski definition) is 1. The molecule has 1 saturated heterocycles. The van der Waals surface area contributed by atoms with Gasteiger partial charge in [0, 0.05) is 22.7 Å². The van der Waals surface area contributed by atoms with Crippen LogP contribution in [-0.4, -0.2) is 28.4 Å². The Morgan fingerprint density at radius 1 is 1.23 bits per heavy atom. The molecular formula is C33H29ClN4O2. The average molecular weight is 549 g/mol. The van der Waals surface area contributed by atoms with Crippen LogP contribution in [0.25, 0.3) is 22.6 Å². The molecule has 7 heteroatoms. The summed E-state index contributed by atoms with van der Waals surface area (Å²) in [5, 5.41) is 10.5. The van der Waals surface area contributed by atoms with Crippen molar-refractivity contribution in [3.05, 3.63) is 99.9 Å². The van der Waals surface area contributed by atoms with Gasteiger partial charge in [-0.2, -0.15) is 5.26 Å².